The van der Waals surface area contributed by atoms with Gasteiger partial charge < -0.3 is 14.5 Å². The quantitative estimate of drug-likeness (QED) is 0.771. The van der Waals surface area contributed by atoms with E-state index in [2.05, 4.69) is 28.1 Å². The third-order valence-electron chi connectivity index (χ3n) is 4.83. The smallest absolute Gasteiger partial charge is 0.266 e. The van der Waals surface area contributed by atoms with Crippen LogP contribution in [0.25, 0.3) is 10.9 Å². The fourth-order valence-corrected chi connectivity index (χ4v) is 3.52. The number of pyridine rings is 1. The van der Waals surface area contributed by atoms with Crippen LogP contribution in [0.3, 0.4) is 0 Å². The third kappa shape index (κ3) is 3.22. The number of fused-ring (bicyclic) bond motifs is 1. The van der Waals surface area contributed by atoms with Gasteiger partial charge in [-0.1, -0.05) is 25.1 Å². The van der Waals surface area contributed by atoms with Gasteiger partial charge in [0.05, 0.1) is 11.6 Å². The van der Waals surface area contributed by atoms with Gasteiger partial charge in [0.2, 0.25) is 5.89 Å². The summed E-state index contributed by atoms with van der Waals surface area (Å²) in [6.45, 7) is 3.35. The second-order valence-electron chi connectivity index (χ2n) is 6.66. The molecule has 130 valence electrons. The first-order valence-electron chi connectivity index (χ1n) is 8.83. The van der Waals surface area contributed by atoms with Crippen LogP contribution in [-0.4, -0.2) is 39.4 Å². The van der Waals surface area contributed by atoms with E-state index in [0.717, 1.165) is 36.7 Å². The van der Waals surface area contributed by atoms with E-state index in [1.54, 1.807) is 0 Å². The Balaban J connectivity index is 1.51. The summed E-state index contributed by atoms with van der Waals surface area (Å²) in [5.74, 6) is 1.39. The highest BCUT2D eigenvalue weighted by Gasteiger charge is 2.33. The molecule has 2 aromatic heterocycles. The van der Waals surface area contributed by atoms with Crippen molar-refractivity contribution in [2.75, 3.05) is 18.0 Å². The molecule has 0 radical (unpaired) electrons. The van der Waals surface area contributed by atoms with E-state index in [1.165, 1.54) is 5.56 Å². The summed E-state index contributed by atoms with van der Waals surface area (Å²) in [6.07, 6.45) is 4.01. The summed E-state index contributed by atoms with van der Waals surface area (Å²) in [5.41, 5.74) is 2.21. The number of benzene rings is 1. The minimum Gasteiger partial charge on any atom is -0.391 e. The van der Waals surface area contributed by atoms with Gasteiger partial charge in [-0.05, 0) is 35.7 Å². The fourth-order valence-electron chi connectivity index (χ4n) is 3.52. The SMILES string of the molecule is CCCc1nc(N2C[C@@H](Cc3ccnc4ccccc34)[C@@H](O)C2)no1. The zero-order valence-electron chi connectivity index (χ0n) is 14.3. The van der Waals surface area contributed by atoms with Crippen LogP contribution in [0, 0.1) is 5.92 Å². The van der Waals surface area contributed by atoms with E-state index in [-0.39, 0.29) is 5.92 Å². The van der Waals surface area contributed by atoms with Gasteiger partial charge in [0.1, 0.15) is 0 Å². The van der Waals surface area contributed by atoms with Crippen LogP contribution < -0.4 is 4.90 Å². The molecule has 3 heterocycles. The lowest BCUT2D eigenvalue weighted by molar-refractivity contribution is 0.148. The van der Waals surface area contributed by atoms with Gasteiger partial charge >= 0.3 is 0 Å². The Morgan fingerprint density at radius 3 is 3.00 bits per heavy atom. The Bertz CT molecular complexity index is 858. The minimum absolute atomic E-state index is 0.138. The molecule has 6 nitrogen and oxygen atoms in total. The molecule has 0 amide bonds. The van der Waals surface area contributed by atoms with Crippen molar-refractivity contribution in [2.24, 2.45) is 5.92 Å². The van der Waals surface area contributed by atoms with Crippen molar-refractivity contribution in [1.82, 2.24) is 15.1 Å². The van der Waals surface area contributed by atoms with E-state index < -0.39 is 6.10 Å². The molecule has 0 spiro atoms. The molecule has 1 N–H and O–H groups in total. The van der Waals surface area contributed by atoms with Gasteiger partial charge in [0.25, 0.3) is 5.95 Å². The van der Waals surface area contributed by atoms with Crippen LogP contribution in [0.1, 0.15) is 24.8 Å². The van der Waals surface area contributed by atoms with Gasteiger partial charge in [-0.3, -0.25) is 4.98 Å². The number of aromatic nitrogens is 3. The van der Waals surface area contributed by atoms with E-state index in [9.17, 15) is 5.11 Å². The average molecular weight is 338 g/mol. The molecule has 25 heavy (non-hydrogen) atoms. The molecule has 1 aliphatic heterocycles. The topological polar surface area (TPSA) is 75.3 Å². The van der Waals surface area contributed by atoms with Crippen molar-refractivity contribution in [3.05, 3.63) is 48.0 Å². The van der Waals surface area contributed by atoms with Crippen molar-refractivity contribution in [2.45, 2.75) is 32.3 Å². The summed E-state index contributed by atoms with van der Waals surface area (Å²) in [6, 6.07) is 10.2. The van der Waals surface area contributed by atoms with Gasteiger partial charge in [-0.2, -0.15) is 4.98 Å². The van der Waals surface area contributed by atoms with Gasteiger partial charge in [-0.25, -0.2) is 0 Å². The number of hydrogen-bond donors (Lipinski definition) is 1. The standard InChI is InChI=1S/C19H22N4O2/c1-2-5-18-21-19(22-25-18)23-11-14(17(24)12-23)10-13-8-9-20-16-7-4-3-6-15(13)16/h3-4,6-9,14,17,24H,2,5,10-12H2,1H3/t14-,17+/m1/s1. The van der Waals surface area contributed by atoms with Crippen LogP contribution >= 0.6 is 0 Å². The summed E-state index contributed by atoms with van der Waals surface area (Å²) < 4.78 is 5.27. The lowest BCUT2D eigenvalue weighted by Crippen LogP contribution is -2.22. The van der Waals surface area contributed by atoms with Crippen LogP contribution in [0.2, 0.25) is 0 Å². The molecule has 4 rings (SSSR count). The Morgan fingerprint density at radius 1 is 1.24 bits per heavy atom. The minimum atomic E-state index is -0.403. The number of para-hydroxylation sites is 1. The molecular weight excluding hydrogens is 316 g/mol. The van der Waals surface area contributed by atoms with Crippen molar-refractivity contribution in [1.29, 1.82) is 0 Å². The molecule has 1 fully saturated rings. The second-order valence-corrected chi connectivity index (χ2v) is 6.66. The number of rotatable bonds is 5. The second kappa shape index (κ2) is 6.80. The van der Waals surface area contributed by atoms with Crippen LogP contribution in [0.5, 0.6) is 0 Å². The summed E-state index contributed by atoms with van der Waals surface area (Å²) in [5, 5.41) is 15.7. The molecule has 0 unspecified atom stereocenters. The molecule has 0 aliphatic carbocycles. The summed E-state index contributed by atoms with van der Waals surface area (Å²) >= 11 is 0. The molecular formula is C19H22N4O2. The Morgan fingerprint density at radius 2 is 2.12 bits per heavy atom. The molecule has 2 atom stereocenters. The number of nitrogens with zero attached hydrogens (tertiary/aromatic N) is 4. The molecule has 0 bridgehead atoms. The van der Waals surface area contributed by atoms with Crippen LogP contribution in [0.15, 0.2) is 41.1 Å². The molecule has 1 aromatic carbocycles. The maximum absolute atomic E-state index is 10.5. The number of aliphatic hydroxyl groups is 1. The molecule has 1 aliphatic rings. The monoisotopic (exact) mass is 338 g/mol. The number of anilines is 1. The molecule has 6 heteroatoms. The van der Waals surface area contributed by atoms with Crippen molar-refractivity contribution in [3.8, 4) is 0 Å². The zero-order chi connectivity index (χ0) is 17.2. The van der Waals surface area contributed by atoms with Crippen LogP contribution in [0.4, 0.5) is 5.95 Å². The Hall–Kier alpha value is -2.47. The molecule has 0 saturated carbocycles. The average Bonchev–Trinajstić information content (AvgIpc) is 3.23. The number of aryl methyl sites for hydroxylation is 1. The Labute approximate surface area is 146 Å². The first-order chi connectivity index (χ1) is 12.2. The Kier molecular flexibility index (Phi) is 4.36. The highest BCUT2D eigenvalue weighted by atomic mass is 16.5. The largest absolute Gasteiger partial charge is 0.391 e. The summed E-state index contributed by atoms with van der Waals surface area (Å²) in [7, 11) is 0. The van der Waals surface area contributed by atoms with Gasteiger partial charge in [0.15, 0.2) is 0 Å². The lowest BCUT2D eigenvalue weighted by atomic mass is 9.94. The van der Waals surface area contributed by atoms with Crippen molar-refractivity contribution < 1.29 is 9.63 Å². The molecule has 1 saturated heterocycles. The predicted octanol–water partition coefficient (Wildman–Crippen LogP) is 2.61. The zero-order valence-corrected chi connectivity index (χ0v) is 14.3. The number of hydrogen-bond acceptors (Lipinski definition) is 6. The highest BCUT2D eigenvalue weighted by Crippen LogP contribution is 2.27. The highest BCUT2D eigenvalue weighted by molar-refractivity contribution is 5.81. The van der Waals surface area contributed by atoms with Crippen molar-refractivity contribution >= 4 is 16.9 Å². The normalized spacial score (nSPS) is 20.5. The number of β-amino-alcohol motifs (C(OH)–C–C–N with tert-alkyl or cyclic N) is 1. The summed E-state index contributed by atoms with van der Waals surface area (Å²) in [4.78, 5) is 10.9. The van der Waals surface area contributed by atoms with Gasteiger partial charge in [-0.15, -0.1) is 0 Å². The van der Waals surface area contributed by atoms with Crippen LogP contribution in [-0.2, 0) is 12.8 Å². The first-order valence-corrected chi connectivity index (χ1v) is 8.83. The van der Waals surface area contributed by atoms with E-state index in [1.807, 2.05) is 35.4 Å². The maximum Gasteiger partial charge on any atom is 0.266 e. The fraction of sp³-hybridized carbons (Fsp3) is 0.421. The van der Waals surface area contributed by atoms with Gasteiger partial charge in [0, 0.05) is 37.0 Å². The molecule has 3 aromatic rings. The first kappa shape index (κ1) is 16.0. The predicted molar refractivity (Wildman–Crippen MR) is 95.4 cm³/mol. The van der Waals surface area contributed by atoms with E-state index in [4.69, 9.17) is 4.52 Å². The van der Waals surface area contributed by atoms with E-state index in [0.29, 0.717) is 18.4 Å². The third-order valence-corrected chi connectivity index (χ3v) is 4.83. The maximum atomic E-state index is 10.5. The van der Waals surface area contributed by atoms with Crippen molar-refractivity contribution in [3.63, 3.8) is 0 Å². The lowest BCUT2D eigenvalue weighted by Gasteiger charge is -2.15. The number of aliphatic hydroxyl groups excluding tert-OH is 1. The van der Waals surface area contributed by atoms with E-state index >= 15 is 0 Å².